The minimum Gasteiger partial charge on any atom is -0.508 e. The van der Waals surface area contributed by atoms with Crippen LogP contribution in [0.5, 0.6) is 5.75 Å². The fourth-order valence-electron chi connectivity index (χ4n) is 0.778. The molecule has 11 heavy (non-hydrogen) atoms. The molecule has 1 N–H and O–H groups in total. The largest absolute Gasteiger partial charge is 0.508 e. The second-order valence-electron chi connectivity index (χ2n) is 2.02. The van der Waals surface area contributed by atoms with Crippen molar-refractivity contribution in [3.05, 3.63) is 29.3 Å². The molecule has 1 rings (SSSR count). The van der Waals surface area contributed by atoms with Crippen molar-refractivity contribution >= 4 is 0 Å². The molecule has 0 aliphatic heterocycles. The van der Waals surface area contributed by atoms with Crippen LogP contribution in [-0.2, 0) is 0 Å². The lowest BCUT2D eigenvalue weighted by molar-refractivity contribution is 0.475. The summed E-state index contributed by atoms with van der Waals surface area (Å²) in [6.07, 6.45) is 10.3. The van der Waals surface area contributed by atoms with E-state index in [4.69, 9.17) is 18.0 Å². The lowest BCUT2D eigenvalue weighted by Gasteiger charge is -1.96. The smallest absolute Gasteiger partial charge is 0.116 e. The molecule has 1 nitrogen and oxygen atoms in total. The summed E-state index contributed by atoms with van der Waals surface area (Å²) in [5, 5.41) is 9.00. The van der Waals surface area contributed by atoms with Crippen molar-refractivity contribution in [2.45, 2.75) is 0 Å². The van der Waals surface area contributed by atoms with E-state index in [-0.39, 0.29) is 5.75 Å². The average Bonchev–Trinajstić information content (AvgIpc) is 2.04. The van der Waals surface area contributed by atoms with E-state index in [0.29, 0.717) is 11.1 Å². The fraction of sp³-hybridized carbons (Fsp3) is 0. The van der Waals surface area contributed by atoms with E-state index in [2.05, 4.69) is 11.8 Å². The summed E-state index contributed by atoms with van der Waals surface area (Å²) in [4.78, 5) is 0. The van der Waals surface area contributed by atoms with Crippen LogP contribution in [0.2, 0.25) is 0 Å². The summed E-state index contributed by atoms with van der Waals surface area (Å²) in [6.45, 7) is 0. The van der Waals surface area contributed by atoms with E-state index in [0.717, 1.165) is 0 Å². The van der Waals surface area contributed by atoms with Crippen molar-refractivity contribution in [2.24, 2.45) is 0 Å². The highest BCUT2D eigenvalue weighted by Gasteiger charge is 1.96. The molecule has 0 amide bonds. The number of hydrogen-bond donors (Lipinski definition) is 1. The Hall–Kier alpha value is -1.86. The minimum atomic E-state index is 0.136. The van der Waals surface area contributed by atoms with Crippen LogP contribution < -0.4 is 0 Å². The summed E-state index contributed by atoms with van der Waals surface area (Å²) in [7, 11) is 0. The lowest BCUT2D eigenvalue weighted by atomic mass is 10.1. The predicted octanol–water partition coefficient (Wildman–Crippen LogP) is 1.35. The first-order valence-corrected chi connectivity index (χ1v) is 3.04. The molecule has 0 aliphatic carbocycles. The van der Waals surface area contributed by atoms with Gasteiger partial charge in [-0.3, -0.25) is 0 Å². The van der Waals surface area contributed by atoms with Crippen molar-refractivity contribution in [3.63, 3.8) is 0 Å². The molecule has 0 bridgehead atoms. The zero-order valence-corrected chi connectivity index (χ0v) is 5.83. The summed E-state index contributed by atoms with van der Waals surface area (Å²) in [5.74, 6) is 4.94. The number of rotatable bonds is 0. The highest BCUT2D eigenvalue weighted by atomic mass is 16.3. The van der Waals surface area contributed by atoms with Gasteiger partial charge in [-0.15, -0.1) is 12.8 Å². The van der Waals surface area contributed by atoms with E-state index in [1.165, 1.54) is 12.1 Å². The van der Waals surface area contributed by atoms with Gasteiger partial charge in [0, 0.05) is 11.1 Å². The molecule has 0 unspecified atom stereocenters. The third-order valence-corrected chi connectivity index (χ3v) is 1.31. The van der Waals surface area contributed by atoms with Crippen LogP contribution in [0.15, 0.2) is 18.2 Å². The summed E-state index contributed by atoms with van der Waals surface area (Å²) >= 11 is 0. The molecule has 1 aromatic carbocycles. The fourth-order valence-corrected chi connectivity index (χ4v) is 0.778. The van der Waals surface area contributed by atoms with Gasteiger partial charge in [-0.05, 0) is 18.2 Å². The third kappa shape index (κ3) is 1.34. The molecule has 0 saturated carbocycles. The van der Waals surface area contributed by atoms with E-state index in [1.54, 1.807) is 6.07 Å². The average molecular weight is 142 g/mol. The molecular formula is C10H6O. The Morgan fingerprint density at radius 3 is 2.27 bits per heavy atom. The SMILES string of the molecule is C#Cc1ccc(O)cc1C#C. The molecule has 0 saturated heterocycles. The molecule has 1 aromatic rings. The van der Waals surface area contributed by atoms with Crippen molar-refractivity contribution in [2.75, 3.05) is 0 Å². The molecule has 0 radical (unpaired) electrons. The van der Waals surface area contributed by atoms with E-state index in [9.17, 15) is 0 Å². The molecule has 0 aliphatic rings. The number of benzene rings is 1. The van der Waals surface area contributed by atoms with Crippen LogP contribution in [0.4, 0.5) is 0 Å². The molecule has 0 heterocycles. The van der Waals surface area contributed by atoms with Crippen LogP contribution in [-0.4, -0.2) is 5.11 Å². The summed E-state index contributed by atoms with van der Waals surface area (Å²) < 4.78 is 0. The first kappa shape index (κ1) is 7.25. The molecule has 0 atom stereocenters. The van der Waals surface area contributed by atoms with Crippen molar-refractivity contribution in [1.29, 1.82) is 0 Å². The zero-order chi connectivity index (χ0) is 8.27. The van der Waals surface area contributed by atoms with Crippen LogP contribution in [0, 0.1) is 24.7 Å². The van der Waals surface area contributed by atoms with Gasteiger partial charge in [0.2, 0.25) is 0 Å². The van der Waals surface area contributed by atoms with Gasteiger partial charge in [0.25, 0.3) is 0 Å². The van der Waals surface area contributed by atoms with Crippen LogP contribution >= 0.6 is 0 Å². The van der Waals surface area contributed by atoms with Gasteiger partial charge in [0.1, 0.15) is 5.75 Å². The van der Waals surface area contributed by atoms with Crippen LogP contribution in [0.25, 0.3) is 0 Å². The van der Waals surface area contributed by atoms with E-state index < -0.39 is 0 Å². The Labute approximate surface area is 65.7 Å². The highest BCUT2D eigenvalue weighted by Crippen LogP contribution is 2.14. The van der Waals surface area contributed by atoms with Gasteiger partial charge in [0.05, 0.1) is 0 Å². The van der Waals surface area contributed by atoms with Gasteiger partial charge in [-0.2, -0.15) is 0 Å². The number of terminal acetylenes is 2. The molecule has 0 fully saturated rings. The van der Waals surface area contributed by atoms with Crippen LogP contribution in [0.3, 0.4) is 0 Å². The van der Waals surface area contributed by atoms with E-state index >= 15 is 0 Å². The Morgan fingerprint density at radius 2 is 1.73 bits per heavy atom. The molecule has 52 valence electrons. The molecule has 1 heteroatoms. The first-order chi connectivity index (χ1) is 5.27. The molecular weight excluding hydrogens is 136 g/mol. The van der Waals surface area contributed by atoms with Gasteiger partial charge >= 0.3 is 0 Å². The lowest BCUT2D eigenvalue weighted by Crippen LogP contribution is -1.81. The molecule has 0 aromatic heterocycles. The standard InChI is InChI=1S/C10H6O/c1-3-8-5-6-10(11)7-9(8)4-2/h1-2,5-7,11H. The number of phenolic OH excluding ortho intramolecular Hbond substituents is 1. The van der Waals surface area contributed by atoms with Crippen molar-refractivity contribution in [3.8, 4) is 30.4 Å². The topological polar surface area (TPSA) is 20.2 Å². The van der Waals surface area contributed by atoms with Crippen molar-refractivity contribution in [1.82, 2.24) is 0 Å². The number of aromatic hydroxyl groups is 1. The monoisotopic (exact) mass is 142 g/mol. The highest BCUT2D eigenvalue weighted by molar-refractivity contribution is 5.51. The maximum atomic E-state index is 9.00. The van der Waals surface area contributed by atoms with Crippen molar-refractivity contribution < 1.29 is 5.11 Å². The third-order valence-electron chi connectivity index (χ3n) is 1.31. The summed E-state index contributed by atoms with van der Waals surface area (Å²) in [5.41, 5.74) is 1.18. The Morgan fingerprint density at radius 1 is 1.09 bits per heavy atom. The van der Waals surface area contributed by atoms with Gasteiger partial charge < -0.3 is 5.11 Å². The normalized spacial score (nSPS) is 8.18. The Kier molecular flexibility index (Phi) is 1.86. The van der Waals surface area contributed by atoms with Gasteiger partial charge in [-0.1, -0.05) is 11.8 Å². The van der Waals surface area contributed by atoms with E-state index in [1.807, 2.05) is 0 Å². The zero-order valence-electron chi connectivity index (χ0n) is 5.83. The quantitative estimate of drug-likeness (QED) is 0.542. The van der Waals surface area contributed by atoms with Gasteiger partial charge in [0.15, 0.2) is 0 Å². The first-order valence-electron chi connectivity index (χ1n) is 3.04. The number of phenols is 1. The summed E-state index contributed by atoms with van der Waals surface area (Å²) in [6, 6.07) is 4.59. The van der Waals surface area contributed by atoms with Gasteiger partial charge in [-0.25, -0.2) is 0 Å². The Balaban J connectivity index is 3.34. The maximum Gasteiger partial charge on any atom is 0.116 e. The maximum absolute atomic E-state index is 9.00. The predicted molar refractivity (Wildman–Crippen MR) is 44.0 cm³/mol. The Bertz CT molecular complexity index is 350. The van der Waals surface area contributed by atoms with Crippen LogP contribution in [0.1, 0.15) is 11.1 Å². The number of hydrogen-bond acceptors (Lipinski definition) is 1. The minimum absolute atomic E-state index is 0.136. The second kappa shape index (κ2) is 2.82. The molecule has 0 spiro atoms. The second-order valence-corrected chi connectivity index (χ2v) is 2.02.